The van der Waals surface area contributed by atoms with Crippen LogP contribution in [0.25, 0.3) is 0 Å². The quantitative estimate of drug-likeness (QED) is 0.763. The highest BCUT2D eigenvalue weighted by Crippen LogP contribution is 2.34. The van der Waals surface area contributed by atoms with E-state index in [4.69, 9.17) is 23.2 Å². The molecule has 2 N–H and O–H groups in total. The van der Waals surface area contributed by atoms with E-state index in [1.54, 1.807) is 0 Å². The van der Waals surface area contributed by atoms with Gasteiger partial charge >= 0.3 is 6.18 Å². The second kappa shape index (κ2) is 8.24. The van der Waals surface area contributed by atoms with Crippen LogP contribution >= 0.6 is 23.2 Å². The van der Waals surface area contributed by atoms with E-state index in [1.165, 1.54) is 18.2 Å². The summed E-state index contributed by atoms with van der Waals surface area (Å²) in [6.07, 6.45) is -4.56. The molecule has 1 aliphatic heterocycles. The summed E-state index contributed by atoms with van der Waals surface area (Å²) in [5.74, 6) is -1.46. The molecule has 1 saturated heterocycles. The van der Waals surface area contributed by atoms with E-state index in [9.17, 15) is 27.9 Å². The van der Waals surface area contributed by atoms with Crippen LogP contribution in [-0.4, -0.2) is 46.2 Å². The fourth-order valence-electron chi connectivity index (χ4n) is 2.80. The molecule has 2 rings (SSSR count). The van der Waals surface area contributed by atoms with Gasteiger partial charge in [-0.3, -0.25) is 9.59 Å². The summed E-state index contributed by atoms with van der Waals surface area (Å²) in [5, 5.41) is 12.7. The van der Waals surface area contributed by atoms with Crippen LogP contribution in [0.1, 0.15) is 32.6 Å². The number of carbonyl (C=O) groups excluding carboxylic acids is 2. The lowest BCUT2D eigenvalue weighted by Crippen LogP contribution is -2.53. The van der Waals surface area contributed by atoms with Crippen molar-refractivity contribution in [3.05, 3.63) is 28.2 Å². The number of hydrogen-bond donors (Lipinski definition) is 2. The highest BCUT2D eigenvalue weighted by Gasteiger charge is 2.52. The third-order valence-electron chi connectivity index (χ3n) is 4.42. The lowest BCUT2D eigenvalue weighted by Gasteiger charge is -2.36. The van der Waals surface area contributed by atoms with Crippen molar-refractivity contribution in [3.63, 3.8) is 0 Å². The number of anilines is 1. The molecule has 1 aromatic rings. The largest absolute Gasteiger partial charge is 0.417 e. The van der Waals surface area contributed by atoms with Gasteiger partial charge in [0.15, 0.2) is 5.60 Å². The summed E-state index contributed by atoms with van der Waals surface area (Å²) in [5.41, 5.74) is -2.80. The molecule has 1 heterocycles. The molecule has 1 aliphatic rings. The molecule has 0 unspecified atom stereocenters. The van der Waals surface area contributed by atoms with Crippen molar-refractivity contribution in [2.45, 2.75) is 50.4 Å². The normalized spacial score (nSPS) is 20.1. The van der Waals surface area contributed by atoms with Crippen molar-refractivity contribution in [1.82, 2.24) is 4.90 Å². The smallest absolute Gasteiger partial charge is 0.380 e. The zero-order valence-electron chi connectivity index (χ0n) is 14.4. The van der Waals surface area contributed by atoms with Crippen molar-refractivity contribution >= 4 is 40.7 Å². The van der Waals surface area contributed by atoms with Crippen molar-refractivity contribution in [1.29, 1.82) is 0 Å². The Bertz CT molecular complexity index is 726. The van der Waals surface area contributed by atoms with Crippen molar-refractivity contribution in [3.8, 4) is 0 Å². The molecular formula is C17H19Cl2F3N2O3. The van der Waals surface area contributed by atoms with Crippen molar-refractivity contribution in [2.24, 2.45) is 0 Å². The number of aliphatic hydroxyl groups is 1. The SMILES string of the molecule is C[C@@](O)(CC(=O)N1CCCC[C@@H]1C(=O)Nc1ccc(Cl)c(Cl)c1)C(F)(F)F. The number of alkyl halides is 3. The van der Waals surface area contributed by atoms with Crippen LogP contribution in [0.2, 0.25) is 10.0 Å². The second-order valence-electron chi connectivity index (χ2n) is 6.67. The first-order chi connectivity index (χ1) is 12.4. The fourth-order valence-corrected chi connectivity index (χ4v) is 3.10. The number of halogens is 5. The van der Waals surface area contributed by atoms with E-state index in [1.807, 2.05) is 0 Å². The average molecular weight is 427 g/mol. The van der Waals surface area contributed by atoms with Crippen LogP contribution in [0.15, 0.2) is 18.2 Å². The topological polar surface area (TPSA) is 69.6 Å². The van der Waals surface area contributed by atoms with Gasteiger partial charge in [-0.2, -0.15) is 13.2 Å². The number of amides is 2. The third-order valence-corrected chi connectivity index (χ3v) is 5.16. The Morgan fingerprint density at radius 1 is 1.26 bits per heavy atom. The molecule has 0 aliphatic carbocycles. The molecule has 2 atom stereocenters. The number of nitrogens with zero attached hydrogens (tertiary/aromatic N) is 1. The molecule has 0 bridgehead atoms. The predicted molar refractivity (Wildman–Crippen MR) is 95.7 cm³/mol. The first-order valence-corrected chi connectivity index (χ1v) is 9.02. The van der Waals surface area contributed by atoms with E-state index in [0.717, 1.165) is 4.90 Å². The highest BCUT2D eigenvalue weighted by molar-refractivity contribution is 6.42. The van der Waals surface area contributed by atoms with E-state index in [-0.39, 0.29) is 11.6 Å². The zero-order chi connectivity index (χ0) is 20.4. The summed E-state index contributed by atoms with van der Waals surface area (Å²) in [4.78, 5) is 26.0. The van der Waals surface area contributed by atoms with Gasteiger partial charge in [0.25, 0.3) is 0 Å². The standard InChI is InChI=1S/C17H19Cl2F3N2O3/c1-16(27,17(20,21)22)9-14(25)24-7-3-2-4-13(24)15(26)23-10-5-6-11(18)12(19)8-10/h5-6,8,13,27H,2-4,7,9H2,1H3,(H,23,26)/t13-,16-/m1/s1. The van der Waals surface area contributed by atoms with E-state index in [2.05, 4.69) is 5.32 Å². The Kier molecular flexibility index (Phi) is 6.65. The Balaban J connectivity index is 2.12. The number of piperidine rings is 1. The Morgan fingerprint density at radius 3 is 2.52 bits per heavy atom. The molecular weight excluding hydrogens is 408 g/mol. The maximum absolute atomic E-state index is 12.9. The minimum Gasteiger partial charge on any atom is -0.380 e. The van der Waals surface area contributed by atoms with Crippen molar-refractivity contribution < 1.29 is 27.9 Å². The van der Waals surface area contributed by atoms with Gasteiger partial charge in [0.1, 0.15) is 6.04 Å². The molecule has 0 aromatic heterocycles. The first-order valence-electron chi connectivity index (χ1n) is 8.27. The van der Waals surface area contributed by atoms with E-state index >= 15 is 0 Å². The van der Waals surface area contributed by atoms with Gasteiger partial charge in [0, 0.05) is 12.2 Å². The summed E-state index contributed by atoms with van der Waals surface area (Å²) < 4.78 is 38.6. The van der Waals surface area contributed by atoms with Crippen molar-refractivity contribution in [2.75, 3.05) is 11.9 Å². The van der Waals surface area contributed by atoms with Gasteiger partial charge in [-0.15, -0.1) is 0 Å². The van der Waals surface area contributed by atoms with Gasteiger partial charge in [-0.05, 0) is 44.4 Å². The third kappa shape index (κ3) is 5.27. The predicted octanol–water partition coefficient (Wildman–Crippen LogP) is 4.02. The monoisotopic (exact) mass is 426 g/mol. The van der Waals surface area contributed by atoms with Crippen LogP contribution in [0.3, 0.4) is 0 Å². The zero-order valence-corrected chi connectivity index (χ0v) is 16.0. The molecule has 10 heteroatoms. The molecule has 0 spiro atoms. The summed E-state index contributed by atoms with van der Waals surface area (Å²) in [6.45, 7) is 0.686. The molecule has 1 aromatic carbocycles. The maximum atomic E-state index is 12.9. The minimum atomic E-state index is -4.95. The number of benzene rings is 1. The summed E-state index contributed by atoms with van der Waals surface area (Å²) >= 11 is 11.7. The van der Waals surface area contributed by atoms with E-state index < -0.39 is 36.1 Å². The number of rotatable bonds is 4. The van der Waals surface area contributed by atoms with Crippen LogP contribution in [0.5, 0.6) is 0 Å². The highest BCUT2D eigenvalue weighted by atomic mass is 35.5. The van der Waals surface area contributed by atoms with Gasteiger partial charge in [-0.25, -0.2) is 0 Å². The van der Waals surface area contributed by atoms with Crippen LogP contribution < -0.4 is 5.32 Å². The number of nitrogens with one attached hydrogen (secondary N) is 1. The fraction of sp³-hybridized carbons (Fsp3) is 0.529. The van der Waals surface area contributed by atoms with Gasteiger partial charge in [0.05, 0.1) is 16.5 Å². The Labute approximate surface area is 164 Å². The number of carbonyl (C=O) groups is 2. The molecule has 5 nitrogen and oxygen atoms in total. The van der Waals surface area contributed by atoms with Gasteiger partial charge < -0.3 is 15.3 Å². The molecule has 2 amide bonds. The summed E-state index contributed by atoms with van der Waals surface area (Å²) in [6, 6.07) is 3.52. The van der Waals surface area contributed by atoms with Gasteiger partial charge in [0.2, 0.25) is 11.8 Å². The number of likely N-dealkylation sites (tertiary alicyclic amines) is 1. The molecule has 150 valence electrons. The molecule has 0 saturated carbocycles. The Hall–Kier alpha value is -1.51. The lowest BCUT2D eigenvalue weighted by atomic mass is 9.96. The van der Waals surface area contributed by atoms with Crippen LogP contribution in [-0.2, 0) is 9.59 Å². The molecule has 0 radical (unpaired) electrons. The Morgan fingerprint density at radius 2 is 1.93 bits per heavy atom. The van der Waals surface area contributed by atoms with Crippen LogP contribution in [0.4, 0.5) is 18.9 Å². The number of hydrogen-bond acceptors (Lipinski definition) is 3. The second-order valence-corrected chi connectivity index (χ2v) is 7.48. The molecule has 27 heavy (non-hydrogen) atoms. The lowest BCUT2D eigenvalue weighted by molar-refractivity contribution is -0.254. The summed E-state index contributed by atoms with van der Waals surface area (Å²) in [7, 11) is 0. The van der Waals surface area contributed by atoms with Crippen LogP contribution in [0, 0.1) is 0 Å². The molecule has 1 fully saturated rings. The van der Waals surface area contributed by atoms with E-state index in [0.29, 0.717) is 36.9 Å². The first kappa shape index (κ1) is 21.8. The maximum Gasteiger partial charge on any atom is 0.417 e. The minimum absolute atomic E-state index is 0.145. The van der Waals surface area contributed by atoms with Gasteiger partial charge in [-0.1, -0.05) is 23.2 Å². The average Bonchev–Trinajstić information content (AvgIpc) is 2.56.